The van der Waals surface area contributed by atoms with Gasteiger partial charge in [0.25, 0.3) is 5.91 Å². The van der Waals surface area contributed by atoms with Crippen LogP contribution in [0.15, 0.2) is 45.3 Å². The second kappa shape index (κ2) is 7.38. The zero-order valence-corrected chi connectivity index (χ0v) is 14.1. The van der Waals surface area contributed by atoms with E-state index in [1.165, 1.54) is 0 Å². The van der Waals surface area contributed by atoms with E-state index in [4.69, 9.17) is 4.74 Å². The lowest BCUT2D eigenvalue weighted by Gasteiger charge is -2.05. The van der Waals surface area contributed by atoms with Crippen LogP contribution in [0.4, 0.5) is 0 Å². The molecule has 0 aliphatic carbocycles. The molecule has 0 saturated heterocycles. The number of hydrogen-bond acceptors (Lipinski definition) is 4. The monoisotopic (exact) mass is 366 g/mol. The predicted molar refractivity (Wildman–Crippen MR) is 89.0 cm³/mol. The first kappa shape index (κ1) is 15.7. The Bertz CT molecular complexity index is 650. The summed E-state index contributed by atoms with van der Waals surface area (Å²) in [4.78, 5) is 12.7. The smallest absolute Gasteiger partial charge is 0.277 e. The maximum atomic E-state index is 11.7. The van der Waals surface area contributed by atoms with Crippen LogP contribution in [-0.4, -0.2) is 18.2 Å². The van der Waals surface area contributed by atoms with Gasteiger partial charge in [0.15, 0.2) is 6.61 Å². The SMILES string of the molecule is C/C(=N/NC(=O)COc1ccc(C)cc1)c1ccc(Br)s1. The second-order valence-corrected chi connectivity index (χ2v) is 6.90. The third kappa shape index (κ3) is 4.99. The van der Waals surface area contributed by atoms with E-state index in [1.807, 2.05) is 50.2 Å². The number of nitrogens with one attached hydrogen (secondary N) is 1. The van der Waals surface area contributed by atoms with Crippen molar-refractivity contribution < 1.29 is 9.53 Å². The minimum Gasteiger partial charge on any atom is -0.484 e. The molecule has 0 bridgehead atoms. The molecular formula is C15H15BrN2O2S. The van der Waals surface area contributed by atoms with Crippen LogP contribution in [0.5, 0.6) is 5.75 Å². The van der Waals surface area contributed by atoms with Gasteiger partial charge in [-0.15, -0.1) is 11.3 Å². The molecule has 2 aromatic rings. The molecule has 1 amide bonds. The first-order valence-electron chi connectivity index (χ1n) is 6.33. The first-order chi connectivity index (χ1) is 10.0. The molecule has 6 heteroatoms. The molecule has 0 unspecified atom stereocenters. The van der Waals surface area contributed by atoms with Crippen LogP contribution in [0, 0.1) is 6.92 Å². The van der Waals surface area contributed by atoms with Gasteiger partial charge in [-0.25, -0.2) is 5.43 Å². The number of carbonyl (C=O) groups excluding carboxylic acids is 1. The molecule has 0 fully saturated rings. The number of nitrogens with zero attached hydrogens (tertiary/aromatic N) is 1. The number of hydrogen-bond donors (Lipinski definition) is 1. The normalized spacial score (nSPS) is 11.3. The van der Waals surface area contributed by atoms with Crippen LogP contribution < -0.4 is 10.2 Å². The topological polar surface area (TPSA) is 50.7 Å². The number of amides is 1. The van der Waals surface area contributed by atoms with Gasteiger partial charge in [0.2, 0.25) is 0 Å². The molecule has 1 N–H and O–H groups in total. The van der Waals surface area contributed by atoms with E-state index in [9.17, 15) is 4.79 Å². The summed E-state index contributed by atoms with van der Waals surface area (Å²) in [6.07, 6.45) is 0. The molecule has 21 heavy (non-hydrogen) atoms. The van der Waals surface area contributed by atoms with Gasteiger partial charge in [0.1, 0.15) is 5.75 Å². The number of thiophene rings is 1. The van der Waals surface area contributed by atoms with Crippen molar-refractivity contribution in [2.24, 2.45) is 5.10 Å². The Kier molecular flexibility index (Phi) is 5.52. The quantitative estimate of drug-likeness (QED) is 0.647. The summed E-state index contributed by atoms with van der Waals surface area (Å²) < 4.78 is 6.41. The molecule has 0 aliphatic rings. The van der Waals surface area contributed by atoms with Gasteiger partial charge in [0.05, 0.1) is 14.4 Å². The largest absolute Gasteiger partial charge is 0.484 e. The average molecular weight is 367 g/mol. The Labute approximate surface area is 136 Å². The highest BCUT2D eigenvalue weighted by Crippen LogP contribution is 2.22. The molecule has 0 saturated carbocycles. The number of carbonyl (C=O) groups is 1. The number of halogens is 1. The molecule has 110 valence electrons. The van der Waals surface area contributed by atoms with Crippen molar-refractivity contribution in [2.75, 3.05) is 6.61 Å². The summed E-state index contributed by atoms with van der Waals surface area (Å²) in [5, 5.41) is 4.06. The van der Waals surface area contributed by atoms with Crippen molar-refractivity contribution in [1.82, 2.24) is 5.43 Å². The maximum absolute atomic E-state index is 11.7. The minimum absolute atomic E-state index is 0.0615. The lowest BCUT2D eigenvalue weighted by atomic mass is 10.2. The van der Waals surface area contributed by atoms with E-state index in [0.717, 1.165) is 19.9 Å². The second-order valence-electron chi connectivity index (χ2n) is 4.44. The molecule has 1 aromatic carbocycles. The van der Waals surface area contributed by atoms with E-state index in [1.54, 1.807) is 11.3 Å². The van der Waals surface area contributed by atoms with Crippen molar-refractivity contribution in [1.29, 1.82) is 0 Å². The maximum Gasteiger partial charge on any atom is 0.277 e. The summed E-state index contributed by atoms with van der Waals surface area (Å²) in [5.41, 5.74) is 4.39. The molecular weight excluding hydrogens is 352 g/mol. The standard InChI is InChI=1S/C15H15BrN2O2S/c1-10-3-5-12(6-4-10)20-9-15(19)18-17-11(2)13-7-8-14(16)21-13/h3-8H,9H2,1-2H3,(H,18,19)/b17-11-. The van der Waals surface area contributed by atoms with E-state index in [0.29, 0.717) is 5.75 Å². The molecule has 0 aliphatic heterocycles. The van der Waals surface area contributed by atoms with Crippen molar-refractivity contribution in [3.63, 3.8) is 0 Å². The highest BCUT2D eigenvalue weighted by atomic mass is 79.9. The van der Waals surface area contributed by atoms with Gasteiger partial charge in [-0.2, -0.15) is 5.10 Å². The highest BCUT2D eigenvalue weighted by Gasteiger charge is 2.04. The van der Waals surface area contributed by atoms with Crippen molar-refractivity contribution in [3.8, 4) is 5.75 Å². The Balaban J connectivity index is 1.83. The van der Waals surface area contributed by atoms with E-state index in [2.05, 4.69) is 26.5 Å². The summed E-state index contributed by atoms with van der Waals surface area (Å²) in [7, 11) is 0. The number of benzene rings is 1. The van der Waals surface area contributed by atoms with Crippen LogP contribution in [0.2, 0.25) is 0 Å². The highest BCUT2D eigenvalue weighted by molar-refractivity contribution is 9.11. The van der Waals surface area contributed by atoms with E-state index >= 15 is 0 Å². The number of aryl methyl sites for hydroxylation is 1. The van der Waals surface area contributed by atoms with Crippen molar-refractivity contribution in [2.45, 2.75) is 13.8 Å². The fourth-order valence-electron chi connectivity index (χ4n) is 1.53. The average Bonchev–Trinajstić information content (AvgIpc) is 2.91. The fraction of sp³-hybridized carbons (Fsp3) is 0.200. The molecule has 0 spiro atoms. The van der Waals surface area contributed by atoms with Gasteiger partial charge in [-0.05, 0) is 54.0 Å². The Morgan fingerprint density at radius 3 is 2.62 bits per heavy atom. The summed E-state index contributed by atoms with van der Waals surface area (Å²) >= 11 is 4.95. The zero-order chi connectivity index (χ0) is 15.2. The van der Waals surface area contributed by atoms with Crippen LogP contribution in [0.1, 0.15) is 17.4 Å². The van der Waals surface area contributed by atoms with Gasteiger partial charge in [-0.3, -0.25) is 4.79 Å². The number of ether oxygens (including phenoxy) is 1. The van der Waals surface area contributed by atoms with Crippen LogP contribution in [0.25, 0.3) is 0 Å². The van der Waals surface area contributed by atoms with Crippen LogP contribution in [-0.2, 0) is 4.79 Å². The van der Waals surface area contributed by atoms with Crippen molar-refractivity contribution >= 4 is 38.9 Å². The zero-order valence-electron chi connectivity index (χ0n) is 11.7. The summed E-state index contributed by atoms with van der Waals surface area (Å²) in [6.45, 7) is 3.78. The Morgan fingerprint density at radius 2 is 2.00 bits per heavy atom. The number of rotatable bonds is 5. The van der Waals surface area contributed by atoms with Gasteiger partial charge in [0, 0.05) is 0 Å². The molecule has 2 rings (SSSR count). The van der Waals surface area contributed by atoms with Crippen molar-refractivity contribution in [3.05, 3.63) is 50.6 Å². The third-order valence-corrected chi connectivity index (χ3v) is 4.40. The summed E-state index contributed by atoms with van der Waals surface area (Å²) in [5.74, 6) is 0.379. The van der Waals surface area contributed by atoms with Gasteiger partial charge >= 0.3 is 0 Å². The lowest BCUT2D eigenvalue weighted by molar-refractivity contribution is -0.123. The lowest BCUT2D eigenvalue weighted by Crippen LogP contribution is -2.25. The van der Waals surface area contributed by atoms with Gasteiger partial charge in [-0.1, -0.05) is 17.7 Å². The van der Waals surface area contributed by atoms with Crippen LogP contribution in [0.3, 0.4) is 0 Å². The molecule has 0 atom stereocenters. The van der Waals surface area contributed by atoms with Gasteiger partial charge < -0.3 is 4.74 Å². The Morgan fingerprint density at radius 1 is 1.29 bits per heavy atom. The van der Waals surface area contributed by atoms with Crippen LogP contribution >= 0.6 is 27.3 Å². The molecule has 1 aromatic heterocycles. The number of hydrazone groups is 1. The van der Waals surface area contributed by atoms with E-state index in [-0.39, 0.29) is 12.5 Å². The Hall–Kier alpha value is -1.66. The summed E-state index contributed by atoms with van der Waals surface area (Å²) in [6, 6.07) is 11.4. The molecule has 1 heterocycles. The fourth-order valence-corrected chi connectivity index (χ4v) is 2.86. The third-order valence-electron chi connectivity index (χ3n) is 2.67. The molecule has 0 radical (unpaired) electrons. The predicted octanol–water partition coefficient (Wildman–Crippen LogP) is 3.74. The minimum atomic E-state index is -0.287. The first-order valence-corrected chi connectivity index (χ1v) is 7.94. The molecule has 4 nitrogen and oxygen atoms in total. The van der Waals surface area contributed by atoms with E-state index < -0.39 is 0 Å².